The average Bonchev–Trinajstić information content (AvgIpc) is 2.38. The first kappa shape index (κ1) is 12.7. The zero-order valence-electron chi connectivity index (χ0n) is 9.37. The first-order chi connectivity index (χ1) is 9.10. The summed E-state index contributed by atoms with van der Waals surface area (Å²) in [5, 5.41) is 22.3. The molecule has 0 amide bonds. The maximum atomic E-state index is 10.8. The van der Waals surface area contributed by atoms with Crippen molar-refractivity contribution in [3.05, 3.63) is 51.4 Å². The molecule has 1 heterocycles. The molecule has 1 aromatic carbocycles. The van der Waals surface area contributed by atoms with Crippen LogP contribution in [0.25, 0.3) is 0 Å². The number of nitriles is 1. The molecule has 0 unspecified atom stereocenters. The maximum Gasteiger partial charge on any atom is 0.329 e. The van der Waals surface area contributed by atoms with Crippen LogP contribution in [0.5, 0.6) is 0 Å². The monoisotopic (exact) mass is 275 g/mol. The Labute approximate surface area is 112 Å². The Morgan fingerprint density at radius 3 is 2.95 bits per heavy atom. The van der Waals surface area contributed by atoms with Crippen LogP contribution >= 0.6 is 11.6 Å². The fourth-order valence-electron chi connectivity index (χ4n) is 1.38. The Morgan fingerprint density at radius 2 is 2.26 bits per heavy atom. The predicted octanol–water partition coefficient (Wildman–Crippen LogP) is 2.65. The third-order valence-corrected chi connectivity index (χ3v) is 2.37. The number of anilines is 2. The largest absolute Gasteiger partial charge is 0.334 e. The summed E-state index contributed by atoms with van der Waals surface area (Å²) in [7, 11) is 0. The van der Waals surface area contributed by atoms with Crippen LogP contribution in [-0.4, -0.2) is 14.9 Å². The fourth-order valence-corrected chi connectivity index (χ4v) is 1.52. The SMILES string of the molecule is N#Cc1cccc(Nc2nc(Cl)ncc2[N+](=O)[O-])c1. The van der Waals surface area contributed by atoms with E-state index in [4.69, 9.17) is 16.9 Å². The zero-order valence-corrected chi connectivity index (χ0v) is 10.1. The van der Waals surface area contributed by atoms with Crippen LogP contribution in [-0.2, 0) is 0 Å². The molecule has 0 aliphatic carbocycles. The van der Waals surface area contributed by atoms with Gasteiger partial charge in [-0.3, -0.25) is 10.1 Å². The van der Waals surface area contributed by atoms with Gasteiger partial charge in [-0.1, -0.05) is 6.07 Å². The molecule has 7 nitrogen and oxygen atoms in total. The molecule has 0 radical (unpaired) electrons. The second-order valence-electron chi connectivity index (χ2n) is 3.45. The minimum atomic E-state index is -0.618. The van der Waals surface area contributed by atoms with E-state index >= 15 is 0 Å². The van der Waals surface area contributed by atoms with E-state index < -0.39 is 4.92 Å². The number of nitrogens with one attached hydrogen (secondary N) is 1. The van der Waals surface area contributed by atoms with Crippen LogP contribution in [0.4, 0.5) is 17.2 Å². The molecule has 8 heteroatoms. The van der Waals surface area contributed by atoms with E-state index in [-0.39, 0.29) is 16.8 Å². The standard InChI is InChI=1S/C11H6ClN5O2/c12-11-14-6-9(17(18)19)10(16-11)15-8-3-1-2-7(4-8)5-13/h1-4,6H,(H,14,15,16). The summed E-state index contributed by atoms with van der Waals surface area (Å²) in [6.45, 7) is 0. The van der Waals surface area contributed by atoms with Crippen LogP contribution in [0, 0.1) is 21.4 Å². The van der Waals surface area contributed by atoms with Crippen molar-refractivity contribution in [3.8, 4) is 6.07 Å². The van der Waals surface area contributed by atoms with Gasteiger partial charge in [-0.2, -0.15) is 10.2 Å². The van der Waals surface area contributed by atoms with Crippen molar-refractivity contribution in [3.63, 3.8) is 0 Å². The van der Waals surface area contributed by atoms with Gasteiger partial charge in [-0.05, 0) is 29.8 Å². The van der Waals surface area contributed by atoms with Crippen LogP contribution in [0.3, 0.4) is 0 Å². The summed E-state index contributed by atoms with van der Waals surface area (Å²) < 4.78 is 0. The zero-order chi connectivity index (χ0) is 13.8. The Bertz CT molecular complexity index is 683. The molecule has 0 spiro atoms. The molecule has 0 atom stereocenters. The third-order valence-electron chi connectivity index (χ3n) is 2.19. The van der Waals surface area contributed by atoms with Crippen molar-refractivity contribution in [2.45, 2.75) is 0 Å². The van der Waals surface area contributed by atoms with Crippen LogP contribution in [0.1, 0.15) is 5.56 Å². The summed E-state index contributed by atoms with van der Waals surface area (Å²) in [5.74, 6) is -0.0277. The van der Waals surface area contributed by atoms with Gasteiger partial charge >= 0.3 is 5.69 Å². The predicted molar refractivity (Wildman–Crippen MR) is 68.1 cm³/mol. The fraction of sp³-hybridized carbons (Fsp3) is 0. The van der Waals surface area contributed by atoms with Gasteiger partial charge < -0.3 is 5.32 Å². The highest BCUT2D eigenvalue weighted by Gasteiger charge is 2.17. The lowest BCUT2D eigenvalue weighted by atomic mass is 10.2. The molecular formula is C11H6ClN5O2. The van der Waals surface area contributed by atoms with E-state index in [1.807, 2.05) is 6.07 Å². The second kappa shape index (κ2) is 5.29. The molecule has 19 heavy (non-hydrogen) atoms. The van der Waals surface area contributed by atoms with Crippen molar-refractivity contribution < 1.29 is 4.92 Å². The number of benzene rings is 1. The van der Waals surface area contributed by atoms with E-state index in [0.717, 1.165) is 6.20 Å². The highest BCUT2D eigenvalue weighted by atomic mass is 35.5. The number of nitro groups is 1. The third kappa shape index (κ3) is 2.94. The molecule has 0 saturated heterocycles. The number of hydrogen-bond donors (Lipinski definition) is 1. The van der Waals surface area contributed by atoms with Gasteiger partial charge in [0.25, 0.3) is 0 Å². The first-order valence-electron chi connectivity index (χ1n) is 5.04. The van der Waals surface area contributed by atoms with Crippen molar-refractivity contribution >= 4 is 28.8 Å². The summed E-state index contributed by atoms with van der Waals surface area (Å²) in [6.07, 6.45) is 1.02. The first-order valence-corrected chi connectivity index (χ1v) is 5.42. The van der Waals surface area contributed by atoms with Gasteiger partial charge in [0.1, 0.15) is 6.20 Å². The number of aromatic nitrogens is 2. The molecule has 0 fully saturated rings. The number of rotatable bonds is 3. The number of nitrogens with zero attached hydrogens (tertiary/aromatic N) is 4. The lowest BCUT2D eigenvalue weighted by molar-refractivity contribution is -0.384. The molecule has 0 aliphatic heterocycles. The van der Waals surface area contributed by atoms with E-state index in [2.05, 4.69) is 15.3 Å². The summed E-state index contributed by atoms with van der Waals surface area (Å²) in [5.41, 5.74) is 0.622. The molecule has 94 valence electrons. The molecule has 2 rings (SSSR count). The lowest BCUT2D eigenvalue weighted by Crippen LogP contribution is -2.01. The van der Waals surface area contributed by atoms with Gasteiger partial charge in [0.15, 0.2) is 0 Å². The highest BCUT2D eigenvalue weighted by Crippen LogP contribution is 2.25. The van der Waals surface area contributed by atoms with E-state index in [1.54, 1.807) is 24.3 Å². The van der Waals surface area contributed by atoms with Gasteiger partial charge in [0.2, 0.25) is 11.1 Å². The summed E-state index contributed by atoms with van der Waals surface area (Å²) >= 11 is 5.61. The lowest BCUT2D eigenvalue weighted by Gasteiger charge is -2.06. The minimum absolute atomic E-state index is 0.0277. The van der Waals surface area contributed by atoms with Crippen LogP contribution in [0.15, 0.2) is 30.5 Å². The minimum Gasteiger partial charge on any atom is -0.334 e. The summed E-state index contributed by atoms with van der Waals surface area (Å²) in [4.78, 5) is 17.5. The van der Waals surface area contributed by atoms with Gasteiger partial charge in [-0.25, -0.2) is 4.98 Å². The molecule has 2 aromatic rings. The topological polar surface area (TPSA) is 105 Å². The normalized spacial score (nSPS) is 9.68. The molecule has 0 saturated carbocycles. The van der Waals surface area contributed by atoms with E-state index in [9.17, 15) is 10.1 Å². The maximum absolute atomic E-state index is 10.8. The molecule has 1 aromatic heterocycles. The van der Waals surface area contributed by atoms with Gasteiger partial charge in [0.05, 0.1) is 16.6 Å². The second-order valence-corrected chi connectivity index (χ2v) is 3.79. The Balaban J connectivity index is 2.40. The van der Waals surface area contributed by atoms with Crippen molar-refractivity contribution in [2.75, 3.05) is 5.32 Å². The summed E-state index contributed by atoms with van der Waals surface area (Å²) in [6, 6.07) is 8.43. The smallest absolute Gasteiger partial charge is 0.329 e. The quantitative estimate of drug-likeness (QED) is 0.524. The highest BCUT2D eigenvalue weighted by molar-refractivity contribution is 6.28. The average molecular weight is 276 g/mol. The molecular weight excluding hydrogens is 270 g/mol. The van der Waals surface area contributed by atoms with Crippen LogP contribution < -0.4 is 5.32 Å². The Morgan fingerprint density at radius 1 is 1.47 bits per heavy atom. The Hall–Kier alpha value is -2.72. The molecule has 0 bridgehead atoms. The van der Waals surface area contributed by atoms with Crippen molar-refractivity contribution in [1.29, 1.82) is 5.26 Å². The molecule has 0 aliphatic rings. The van der Waals surface area contributed by atoms with Gasteiger partial charge in [-0.15, -0.1) is 0 Å². The number of halogens is 1. The Kier molecular flexibility index (Phi) is 3.54. The molecule has 1 N–H and O–H groups in total. The number of hydrogen-bond acceptors (Lipinski definition) is 6. The van der Waals surface area contributed by atoms with Gasteiger partial charge in [0, 0.05) is 5.69 Å². The van der Waals surface area contributed by atoms with Crippen LogP contribution in [0.2, 0.25) is 5.28 Å². The van der Waals surface area contributed by atoms with Crippen molar-refractivity contribution in [2.24, 2.45) is 0 Å². The van der Waals surface area contributed by atoms with E-state index in [1.165, 1.54) is 0 Å². The van der Waals surface area contributed by atoms with Crippen molar-refractivity contribution in [1.82, 2.24) is 9.97 Å². The van der Waals surface area contributed by atoms with E-state index in [0.29, 0.717) is 11.3 Å².